The molecule has 2 heterocycles. The first-order chi connectivity index (χ1) is 10.6. The first kappa shape index (κ1) is 15.2. The van der Waals surface area contributed by atoms with E-state index in [4.69, 9.17) is 9.47 Å². The summed E-state index contributed by atoms with van der Waals surface area (Å²) in [4.78, 5) is 14.8. The molecule has 0 bridgehead atoms. The highest BCUT2D eigenvalue weighted by atomic mass is 16.5. The molecule has 1 aromatic carbocycles. The average Bonchev–Trinajstić information content (AvgIpc) is 3.00. The Bertz CT molecular complexity index is 580. The lowest BCUT2D eigenvalue weighted by atomic mass is 9.87. The molecule has 2 aliphatic rings. The van der Waals surface area contributed by atoms with Crippen LogP contribution in [0.2, 0.25) is 0 Å². The van der Waals surface area contributed by atoms with Gasteiger partial charge in [0.15, 0.2) is 11.5 Å². The predicted molar refractivity (Wildman–Crippen MR) is 84.3 cm³/mol. The van der Waals surface area contributed by atoms with Gasteiger partial charge in [0.1, 0.15) is 0 Å². The molecule has 120 valence electrons. The molecule has 0 unspecified atom stereocenters. The number of carbonyl (C=O) groups excluding carboxylic acids is 1. The molecule has 22 heavy (non-hydrogen) atoms. The molecule has 1 aromatic rings. The lowest BCUT2D eigenvalue weighted by molar-refractivity contribution is -0.141. The molecule has 3 rings (SSSR count). The van der Waals surface area contributed by atoms with Crippen LogP contribution in [-0.2, 0) is 17.8 Å². The van der Waals surface area contributed by atoms with Crippen molar-refractivity contribution in [3.63, 3.8) is 0 Å². The van der Waals surface area contributed by atoms with Gasteiger partial charge in [0, 0.05) is 19.6 Å². The first-order valence-corrected chi connectivity index (χ1v) is 7.81. The third kappa shape index (κ3) is 2.54. The van der Waals surface area contributed by atoms with Crippen LogP contribution in [0.1, 0.15) is 24.5 Å². The van der Waals surface area contributed by atoms with E-state index in [9.17, 15) is 4.79 Å². The number of hydrogen-bond donors (Lipinski definition) is 1. The topological polar surface area (TPSA) is 50.8 Å². The van der Waals surface area contributed by atoms with Gasteiger partial charge in [-0.2, -0.15) is 0 Å². The van der Waals surface area contributed by atoms with E-state index in [1.807, 2.05) is 17.0 Å². The van der Waals surface area contributed by atoms with E-state index in [0.717, 1.165) is 49.5 Å². The van der Waals surface area contributed by atoms with Crippen LogP contribution in [-0.4, -0.2) is 44.7 Å². The van der Waals surface area contributed by atoms with E-state index in [1.165, 1.54) is 5.56 Å². The van der Waals surface area contributed by atoms with Crippen molar-refractivity contribution in [2.24, 2.45) is 5.41 Å². The Hall–Kier alpha value is -1.75. The fourth-order valence-electron chi connectivity index (χ4n) is 3.44. The van der Waals surface area contributed by atoms with Gasteiger partial charge in [0.2, 0.25) is 5.91 Å². The molecule has 1 amide bonds. The molecule has 5 nitrogen and oxygen atoms in total. The minimum absolute atomic E-state index is 0.256. The molecule has 1 atom stereocenters. The van der Waals surface area contributed by atoms with Crippen molar-refractivity contribution >= 4 is 5.91 Å². The van der Waals surface area contributed by atoms with Crippen molar-refractivity contribution < 1.29 is 14.3 Å². The minimum atomic E-state index is -0.256. The zero-order valence-electron chi connectivity index (χ0n) is 13.6. The number of nitrogens with zero attached hydrogens (tertiary/aromatic N) is 1. The molecule has 0 aromatic heterocycles. The maximum Gasteiger partial charge on any atom is 0.230 e. The Morgan fingerprint density at radius 2 is 1.91 bits per heavy atom. The maximum atomic E-state index is 12.8. The molecule has 0 saturated carbocycles. The zero-order valence-corrected chi connectivity index (χ0v) is 13.6. The van der Waals surface area contributed by atoms with Crippen molar-refractivity contribution in [2.75, 3.05) is 33.9 Å². The standard InChI is InChI=1S/C17H24N2O3/c1-17(5-6-18-11-17)16(20)19-7-4-12-8-14(21-2)15(22-3)9-13(12)10-19/h8-9,18H,4-7,10-11H2,1-3H3/t17-/m0/s1. The van der Waals surface area contributed by atoms with E-state index >= 15 is 0 Å². The fourth-order valence-corrected chi connectivity index (χ4v) is 3.44. The number of ether oxygens (including phenoxy) is 2. The lowest BCUT2D eigenvalue weighted by Gasteiger charge is -2.35. The molecular weight excluding hydrogens is 280 g/mol. The lowest BCUT2D eigenvalue weighted by Crippen LogP contribution is -2.45. The molecular formula is C17H24N2O3. The number of fused-ring (bicyclic) bond motifs is 1. The predicted octanol–water partition coefficient (Wildman–Crippen LogP) is 1.59. The molecule has 0 aliphatic carbocycles. The molecule has 2 aliphatic heterocycles. The summed E-state index contributed by atoms with van der Waals surface area (Å²) in [6.45, 7) is 5.21. The fraction of sp³-hybridized carbons (Fsp3) is 0.588. The number of benzene rings is 1. The summed E-state index contributed by atoms with van der Waals surface area (Å²) < 4.78 is 10.7. The highest BCUT2D eigenvalue weighted by Gasteiger charge is 2.40. The van der Waals surface area contributed by atoms with Crippen molar-refractivity contribution in [2.45, 2.75) is 26.3 Å². The van der Waals surface area contributed by atoms with Crippen molar-refractivity contribution in [1.29, 1.82) is 0 Å². The summed E-state index contributed by atoms with van der Waals surface area (Å²) in [6, 6.07) is 4.04. The normalized spacial score (nSPS) is 24.0. The third-order valence-corrected chi connectivity index (χ3v) is 4.89. The Morgan fingerprint density at radius 1 is 1.23 bits per heavy atom. The summed E-state index contributed by atoms with van der Waals surface area (Å²) in [5, 5.41) is 3.30. The second-order valence-corrected chi connectivity index (χ2v) is 6.44. The monoisotopic (exact) mass is 304 g/mol. The maximum absolute atomic E-state index is 12.8. The average molecular weight is 304 g/mol. The Labute approximate surface area is 131 Å². The van der Waals surface area contributed by atoms with Gasteiger partial charge >= 0.3 is 0 Å². The number of methoxy groups -OCH3 is 2. The van der Waals surface area contributed by atoms with E-state index in [1.54, 1.807) is 14.2 Å². The highest BCUT2D eigenvalue weighted by Crippen LogP contribution is 2.35. The Morgan fingerprint density at radius 3 is 2.50 bits per heavy atom. The van der Waals surface area contributed by atoms with E-state index < -0.39 is 0 Å². The summed E-state index contributed by atoms with van der Waals surface area (Å²) in [5.41, 5.74) is 2.15. The summed E-state index contributed by atoms with van der Waals surface area (Å²) in [7, 11) is 3.29. The molecule has 1 N–H and O–H groups in total. The Kier molecular flexibility index (Phi) is 4.00. The SMILES string of the molecule is COc1cc2c(cc1OC)CN(C(=O)[C@@]1(C)CCNC1)CC2. The van der Waals surface area contributed by atoms with Gasteiger partial charge in [-0.3, -0.25) is 4.79 Å². The van der Waals surface area contributed by atoms with Gasteiger partial charge in [-0.15, -0.1) is 0 Å². The zero-order chi connectivity index (χ0) is 15.7. The second-order valence-electron chi connectivity index (χ2n) is 6.44. The van der Waals surface area contributed by atoms with Crippen LogP contribution in [0.4, 0.5) is 0 Å². The van der Waals surface area contributed by atoms with Crippen LogP contribution in [0.25, 0.3) is 0 Å². The van der Waals surface area contributed by atoms with Crippen molar-refractivity contribution in [3.8, 4) is 11.5 Å². The molecule has 1 fully saturated rings. The largest absolute Gasteiger partial charge is 0.493 e. The van der Waals surface area contributed by atoms with Crippen LogP contribution in [0.3, 0.4) is 0 Å². The number of amides is 1. The Balaban J connectivity index is 1.83. The van der Waals surface area contributed by atoms with Crippen LogP contribution < -0.4 is 14.8 Å². The number of hydrogen-bond acceptors (Lipinski definition) is 4. The van der Waals surface area contributed by atoms with Gasteiger partial charge in [-0.05, 0) is 49.6 Å². The molecule has 0 radical (unpaired) electrons. The van der Waals surface area contributed by atoms with Crippen LogP contribution in [0, 0.1) is 5.41 Å². The molecule has 1 saturated heterocycles. The van der Waals surface area contributed by atoms with Gasteiger partial charge < -0.3 is 19.7 Å². The first-order valence-electron chi connectivity index (χ1n) is 7.81. The quantitative estimate of drug-likeness (QED) is 0.921. The highest BCUT2D eigenvalue weighted by molar-refractivity contribution is 5.83. The van der Waals surface area contributed by atoms with Crippen LogP contribution in [0.5, 0.6) is 11.5 Å². The van der Waals surface area contributed by atoms with Crippen molar-refractivity contribution in [1.82, 2.24) is 10.2 Å². The van der Waals surface area contributed by atoms with Gasteiger partial charge in [0.05, 0.1) is 19.6 Å². The summed E-state index contributed by atoms with van der Waals surface area (Å²) in [6.07, 6.45) is 1.78. The van der Waals surface area contributed by atoms with Crippen LogP contribution >= 0.6 is 0 Å². The van der Waals surface area contributed by atoms with E-state index in [0.29, 0.717) is 6.54 Å². The van der Waals surface area contributed by atoms with Gasteiger partial charge in [-0.1, -0.05) is 0 Å². The number of carbonyl (C=O) groups is 1. The van der Waals surface area contributed by atoms with Crippen LogP contribution in [0.15, 0.2) is 12.1 Å². The van der Waals surface area contributed by atoms with Gasteiger partial charge in [-0.25, -0.2) is 0 Å². The summed E-state index contributed by atoms with van der Waals surface area (Å²) >= 11 is 0. The van der Waals surface area contributed by atoms with Crippen molar-refractivity contribution in [3.05, 3.63) is 23.3 Å². The summed E-state index contributed by atoms with van der Waals surface area (Å²) in [5.74, 6) is 1.75. The third-order valence-electron chi connectivity index (χ3n) is 4.89. The smallest absolute Gasteiger partial charge is 0.230 e. The second kappa shape index (κ2) is 5.80. The molecule has 0 spiro atoms. The minimum Gasteiger partial charge on any atom is -0.493 e. The number of nitrogens with one attached hydrogen (secondary N) is 1. The number of rotatable bonds is 3. The van der Waals surface area contributed by atoms with Gasteiger partial charge in [0.25, 0.3) is 0 Å². The molecule has 5 heteroatoms. The van der Waals surface area contributed by atoms with E-state index in [-0.39, 0.29) is 11.3 Å². The van der Waals surface area contributed by atoms with E-state index in [2.05, 4.69) is 12.2 Å².